The number of amides is 2. The molecule has 2 aromatic heterocycles. The molecule has 0 radical (unpaired) electrons. The van der Waals surface area contributed by atoms with E-state index in [1.807, 2.05) is 49.1 Å². The molecule has 4 heterocycles. The Kier molecular flexibility index (Phi) is 5.37. The number of thiazole rings is 1. The number of nitrogens with zero attached hydrogens (tertiary/aromatic N) is 5. The van der Waals surface area contributed by atoms with Crippen molar-refractivity contribution in [1.29, 1.82) is 5.26 Å². The SMILES string of the molecule is Cc1cc(-c2sc(NC(=O)N3CCN4CCC3C4)nc2-c2cccc(C#N)c2)cc(C)n1. The van der Waals surface area contributed by atoms with Gasteiger partial charge >= 0.3 is 6.03 Å². The average Bonchev–Trinajstić information content (AvgIpc) is 3.37. The predicted octanol–water partition coefficient (Wildman–Crippen LogP) is 4.28. The van der Waals surface area contributed by atoms with E-state index in [0.717, 1.165) is 65.7 Å². The number of aryl methyl sites for hydroxylation is 2. The molecule has 2 fully saturated rings. The molecule has 162 valence electrons. The summed E-state index contributed by atoms with van der Waals surface area (Å²) in [5.74, 6) is 0. The van der Waals surface area contributed by atoms with E-state index in [0.29, 0.717) is 10.7 Å². The van der Waals surface area contributed by atoms with Crippen LogP contribution in [0.5, 0.6) is 0 Å². The van der Waals surface area contributed by atoms with E-state index in [2.05, 4.69) is 21.3 Å². The smallest absolute Gasteiger partial charge is 0.319 e. The molecule has 2 bridgehead atoms. The number of anilines is 1. The molecule has 1 N–H and O–H groups in total. The minimum Gasteiger partial charge on any atom is -0.319 e. The average molecular weight is 445 g/mol. The van der Waals surface area contributed by atoms with E-state index < -0.39 is 0 Å². The second kappa shape index (κ2) is 8.34. The van der Waals surface area contributed by atoms with Gasteiger partial charge in [-0.25, -0.2) is 9.78 Å². The highest BCUT2D eigenvalue weighted by molar-refractivity contribution is 7.19. The Hall–Kier alpha value is -3.28. The van der Waals surface area contributed by atoms with Crippen molar-refractivity contribution in [2.75, 3.05) is 31.5 Å². The molecule has 0 aliphatic carbocycles. The van der Waals surface area contributed by atoms with Crippen LogP contribution in [0, 0.1) is 25.2 Å². The van der Waals surface area contributed by atoms with Crippen LogP contribution in [0.4, 0.5) is 9.93 Å². The second-order valence-corrected chi connectivity index (χ2v) is 9.39. The van der Waals surface area contributed by atoms with Crippen LogP contribution in [0.3, 0.4) is 0 Å². The first-order valence-corrected chi connectivity index (χ1v) is 11.6. The predicted molar refractivity (Wildman–Crippen MR) is 126 cm³/mol. The van der Waals surface area contributed by atoms with E-state index in [9.17, 15) is 10.1 Å². The summed E-state index contributed by atoms with van der Waals surface area (Å²) in [5, 5.41) is 13.0. The molecule has 1 aromatic carbocycles. The Morgan fingerprint density at radius 3 is 2.72 bits per heavy atom. The molecule has 2 unspecified atom stereocenters. The number of hydrogen-bond acceptors (Lipinski definition) is 6. The molecule has 8 heteroatoms. The number of pyridine rings is 1. The largest absolute Gasteiger partial charge is 0.323 e. The van der Waals surface area contributed by atoms with Gasteiger partial charge in [0.1, 0.15) is 0 Å². The van der Waals surface area contributed by atoms with Gasteiger partial charge in [0.15, 0.2) is 5.13 Å². The topological polar surface area (TPSA) is 85.2 Å². The maximum Gasteiger partial charge on any atom is 0.323 e. The fraction of sp³-hybridized carbons (Fsp3) is 0.333. The lowest BCUT2D eigenvalue weighted by molar-refractivity contribution is 0.153. The first kappa shape index (κ1) is 20.6. The van der Waals surface area contributed by atoms with Crippen LogP contribution in [0.1, 0.15) is 23.4 Å². The maximum absolute atomic E-state index is 13.1. The van der Waals surface area contributed by atoms with Gasteiger partial charge in [0.2, 0.25) is 0 Å². The highest BCUT2D eigenvalue weighted by Gasteiger charge is 2.35. The molecule has 32 heavy (non-hydrogen) atoms. The molecule has 3 aromatic rings. The molecule has 2 saturated heterocycles. The molecule has 5 rings (SSSR count). The molecular formula is C24H24N6OS. The third-order valence-corrected chi connectivity index (χ3v) is 7.08. The normalized spacial score (nSPS) is 19.6. The zero-order chi connectivity index (χ0) is 22.2. The van der Waals surface area contributed by atoms with Crippen LogP contribution in [-0.4, -0.2) is 58.0 Å². The van der Waals surface area contributed by atoms with Gasteiger partial charge in [-0.1, -0.05) is 23.5 Å². The molecule has 0 spiro atoms. The number of carbonyl (C=O) groups excluding carboxylic acids is 1. The number of urea groups is 1. The van der Waals surface area contributed by atoms with Crippen LogP contribution in [0.15, 0.2) is 36.4 Å². The standard InChI is InChI=1S/C24H24N6OS/c1-15-10-19(11-16(2)26-15)22-21(18-5-3-4-17(12-18)13-25)27-23(32-22)28-24(31)30-9-8-29-7-6-20(30)14-29/h3-5,10-12,20H,6-9,14H2,1-2H3,(H,27,28,31). The molecule has 2 amide bonds. The third kappa shape index (κ3) is 3.97. The van der Waals surface area contributed by atoms with Crippen LogP contribution >= 0.6 is 11.3 Å². The monoisotopic (exact) mass is 444 g/mol. The summed E-state index contributed by atoms with van der Waals surface area (Å²) in [5.41, 5.74) is 5.05. The fourth-order valence-corrected chi connectivity index (χ4v) is 5.56. The second-order valence-electron chi connectivity index (χ2n) is 8.39. The first-order chi connectivity index (χ1) is 15.5. The number of piperazine rings is 1. The van der Waals surface area contributed by atoms with Crippen molar-refractivity contribution in [3.05, 3.63) is 53.3 Å². The van der Waals surface area contributed by atoms with Crippen molar-refractivity contribution in [1.82, 2.24) is 19.8 Å². The third-order valence-electron chi connectivity index (χ3n) is 6.06. The van der Waals surface area contributed by atoms with Crippen molar-refractivity contribution in [2.45, 2.75) is 26.3 Å². The Balaban J connectivity index is 1.52. The molecule has 7 nitrogen and oxygen atoms in total. The highest BCUT2D eigenvalue weighted by Crippen LogP contribution is 2.40. The highest BCUT2D eigenvalue weighted by atomic mass is 32.1. The fourth-order valence-electron chi connectivity index (χ4n) is 4.60. The van der Waals surface area contributed by atoms with E-state index in [4.69, 9.17) is 4.98 Å². The Morgan fingerprint density at radius 1 is 1.12 bits per heavy atom. The van der Waals surface area contributed by atoms with Gasteiger partial charge in [-0.2, -0.15) is 5.26 Å². The zero-order valence-corrected chi connectivity index (χ0v) is 18.9. The summed E-state index contributed by atoms with van der Waals surface area (Å²) >= 11 is 1.46. The van der Waals surface area contributed by atoms with Crippen molar-refractivity contribution >= 4 is 22.5 Å². The quantitative estimate of drug-likeness (QED) is 0.652. The molecule has 0 saturated carbocycles. The molecule has 2 aliphatic heterocycles. The van der Waals surface area contributed by atoms with Gasteiger partial charge in [-0.05, 0) is 50.1 Å². The number of hydrogen-bond donors (Lipinski definition) is 1. The summed E-state index contributed by atoms with van der Waals surface area (Å²) in [4.78, 5) is 27.7. The van der Waals surface area contributed by atoms with Crippen LogP contribution < -0.4 is 5.32 Å². The van der Waals surface area contributed by atoms with Crippen LogP contribution in [0.2, 0.25) is 0 Å². The summed E-state index contributed by atoms with van der Waals surface area (Å²) < 4.78 is 0. The van der Waals surface area contributed by atoms with Gasteiger partial charge in [0, 0.05) is 49.2 Å². The lowest BCUT2D eigenvalue weighted by Gasteiger charge is -2.33. The summed E-state index contributed by atoms with van der Waals surface area (Å²) in [6, 6.07) is 13.9. The number of nitrogens with one attached hydrogen (secondary N) is 1. The van der Waals surface area contributed by atoms with Crippen molar-refractivity contribution < 1.29 is 4.79 Å². The van der Waals surface area contributed by atoms with Gasteiger partial charge in [-0.3, -0.25) is 15.2 Å². The Morgan fingerprint density at radius 2 is 1.94 bits per heavy atom. The van der Waals surface area contributed by atoms with E-state index >= 15 is 0 Å². The first-order valence-electron chi connectivity index (χ1n) is 10.8. The minimum atomic E-state index is -0.0868. The lowest BCUT2D eigenvalue weighted by atomic mass is 10.0. The number of carbonyl (C=O) groups is 1. The van der Waals surface area contributed by atoms with E-state index in [-0.39, 0.29) is 12.1 Å². The van der Waals surface area contributed by atoms with Gasteiger partial charge in [-0.15, -0.1) is 0 Å². The number of benzene rings is 1. The van der Waals surface area contributed by atoms with Crippen LogP contribution in [-0.2, 0) is 0 Å². The van der Waals surface area contributed by atoms with Crippen molar-refractivity contribution in [3.63, 3.8) is 0 Å². The van der Waals surface area contributed by atoms with Gasteiger partial charge < -0.3 is 4.90 Å². The molecule has 2 aliphatic rings. The summed E-state index contributed by atoms with van der Waals surface area (Å²) in [6.07, 6.45) is 1.03. The Bertz CT molecular complexity index is 1210. The zero-order valence-electron chi connectivity index (χ0n) is 18.1. The van der Waals surface area contributed by atoms with E-state index in [1.165, 1.54) is 11.3 Å². The Labute approximate surface area is 191 Å². The minimum absolute atomic E-state index is 0.0868. The number of rotatable bonds is 3. The van der Waals surface area contributed by atoms with Crippen LogP contribution in [0.25, 0.3) is 21.7 Å². The number of fused-ring (bicyclic) bond motifs is 2. The molecule has 2 atom stereocenters. The lowest BCUT2D eigenvalue weighted by Crippen LogP contribution is -2.50. The van der Waals surface area contributed by atoms with Gasteiger partial charge in [0.25, 0.3) is 0 Å². The van der Waals surface area contributed by atoms with Crippen molar-refractivity contribution in [2.24, 2.45) is 0 Å². The number of nitriles is 1. The number of aromatic nitrogens is 2. The summed E-state index contributed by atoms with van der Waals surface area (Å²) in [6.45, 7) is 7.63. The summed E-state index contributed by atoms with van der Waals surface area (Å²) in [7, 11) is 0. The van der Waals surface area contributed by atoms with Gasteiger partial charge in [0.05, 0.1) is 22.2 Å². The maximum atomic E-state index is 13.1. The van der Waals surface area contributed by atoms with E-state index in [1.54, 1.807) is 6.07 Å². The van der Waals surface area contributed by atoms with Crippen molar-refractivity contribution in [3.8, 4) is 27.8 Å². The molecular weight excluding hydrogens is 420 g/mol.